The summed E-state index contributed by atoms with van der Waals surface area (Å²) in [7, 11) is 0. The van der Waals surface area contributed by atoms with Gasteiger partial charge in [-0.25, -0.2) is 9.50 Å². The average molecular weight is 334 g/mol. The lowest BCUT2D eigenvalue weighted by Gasteiger charge is -1.97. The van der Waals surface area contributed by atoms with Gasteiger partial charge in [-0.2, -0.15) is 4.98 Å². The summed E-state index contributed by atoms with van der Waals surface area (Å²) in [6, 6.07) is 1.97. The second-order valence-electron chi connectivity index (χ2n) is 4.50. The van der Waals surface area contributed by atoms with Crippen molar-refractivity contribution in [3.63, 3.8) is 0 Å². The first kappa shape index (κ1) is 15.0. The van der Waals surface area contributed by atoms with Crippen molar-refractivity contribution >= 4 is 29.3 Å². The summed E-state index contributed by atoms with van der Waals surface area (Å²) in [5, 5.41) is 13.6. The minimum absolute atomic E-state index is 0.524. The normalized spacial score (nSPS) is 11.2. The van der Waals surface area contributed by atoms with Crippen LogP contribution in [-0.2, 0) is 5.75 Å². The molecular formula is C13H14N6OS2. The van der Waals surface area contributed by atoms with Crippen molar-refractivity contribution in [3.05, 3.63) is 36.0 Å². The van der Waals surface area contributed by atoms with E-state index in [1.807, 2.05) is 19.9 Å². The van der Waals surface area contributed by atoms with Gasteiger partial charge in [0.05, 0.1) is 5.75 Å². The van der Waals surface area contributed by atoms with Gasteiger partial charge in [-0.1, -0.05) is 29.6 Å². The summed E-state index contributed by atoms with van der Waals surface area (Å²) in [6.07, 6.45) is 1.79. The van der Waals surface area contributed by atoms with Gasteiger partial charge in [0.25, 0.3) is 11.0 Å². The molecule has 0 aliphatic heterocycles. The molecule has 3 heterocycles. The van der Waals surface area contributed by atoms with Gasteiger partial charge in [0.15, 0.2) is 0 Å². The number of rotatable bonds is 6. The molecule has 0 aromatic carbocycles. The molecule has 22 heavy (non-hydrogen) atoms. The van der Waals surface area contributed by atoms with Crippen molar-refractivity contribution in [1.29, 1.82) is 0 Å². The van der Waals surface area contributed by atoms with E-state index < -0.39 is 0 Å². The van der Waals surface area contributed by atoms with Crippen LogP contribution in [0.5, 0.6) is 0 Å². The van der Waals surface area contributed by atoms with Crippen LogP contribution in [0.15, 0.2) is 33.5 Å². The number of aryl methyl sites for hydroxylation is 2. The summed E-state index contributed by atoms with van der Waals surface area (Å²) in [4.78, 5) is 8.76. The molecule has 0 aliphatic rings. The summed E-state index contributed by atoms with van der Waals surface area (Å²) < 4.78 is 7.25. The largest absolute Gasteiger partial charge is 0.415 e. The first-order valence-corrected chi connectivity index (χ1v) is 8.52. The number of thioether (sulfide) groups is 2. The van der Waals surface area contributed by atoms with Crippen LogP contribution >= 0.6 is 23.5 Å². The van der Waals surface area contributed by atoms with Gasteiger partial charge in [0.1, 0.15) is 0 Å². The third-order valence-corrected chi connectivity index (χ3v) is 4.33. The SMILES string of the molecule is C=CCSc1nnc(CSc2nc3nc(C)cc(C)n3n2)o1. The van der Waals surface area contributed by atoms with Crippen LogP contribution in [0.3, 0.4) is 0 Å². The number of hydrogen-bond donors (Lipinski definition) is 0. The number of aromatic nitrogens is 6. The predicted molar refractivity (Wildman–Crippen MR) is 85.0 cm³/mol. The Morgan fingerprint density at radius 1 is 1.27 bits per heavy atom. The maximum Gasteiger partial charge on any atom is 0.276 e. The van der Waals surface area contributed by atoms with E-state index in [1.54, 1.807) is 10.6 Å². The lowest BCUT2D eigenvalue weighted by molar-refractivity contribution is 0.427. The molecule has 0 saturated heterocycles. The molecule has 0 bridgehead atoms. The molecule has 0 fully saturated rings. The molecule has 0 radical (unpaired) electrons. The van der Waals surface area contributed by atoms with Crippen LogP contribution in [0.2, 0.25) is 0 Å². The van der Waals surface area contributed by atoms with Crippen LogP contribution in [-0.4, -0.2) is 35.5 Å². The maximum atomic E-state index is 5.52. The van der Waals surface area contributed by atoms with Crippen LogP contribution in [0, 0.1) is 13.8 Å². The van der Waals surface area contributed by atoms with Gasteiger partial charge in [-0.15, -0.1) is 21.9 Å². The summed E-state index contributed by atoms with van der Waals surface area (Å²) in [5.74, 6) is 2.42. The monoisotopic (exact) mass is 334 g/mol. The Bertz CT molecular complexity index is 812. The van der Waals surface area contributed by atoms with E-state index in [4.69, 9.17) is 4.42 Å². The van der Waals surface area contributed by atoms with Crippen LogP contribution in [0.25, 0.3) is 5.78 Å². The van der Waals surface area contributed by atoms with Crippen molar-refractivity contribution in [3.8, 4) is 0 Å². The zero-order chi connectivity index (χ0) is 15.5. The Hall–Kier alpha value is -1.87. The highest BCUT2D eigenvalue weighted by Crippen LogP contribution is 2.22. The van der Waals surface area contributed by atoms with Crippen molar-refractivity contribution in [2.75, 3.05) is 5.75 Å². The van der Waals surface area contributed by atoms with Gasteiger partial charge >= 0.3 is 0 Å². The van der Waals surface area contributed by atoms with E-state index in [2.05, 4.69) is 31.8 Å². The molecular weight excluding hydrogens is 320 g/mol. The third kappa shape index (κ3) is 3.30. The number of hydrogen-bond acceptors (Lipinski definition) is 8. The fourth-order valence-corrected chi connectivity index (χ4v) is 2.99. The van der Waals surface area contributed by atoms with E-state index >= 15 is 0 Å². The van der Waals surface area contributed by atoms with Crippen LogP contribution < -0.4 is 0 Å². The van der Waals surface area contributed by atoms with E-state index in [0.29, 0.717) is 27.8 Å². The van der Waals surface area contributed by atoms with Gasteiger partial charge < -0.3 is 4.42 Å². The average Bonchev–Trinajstić information content (AvgIpc) is 3.09. The Kier molecular flexibility index (Phi) is 4.44. The van der Waals surface area contributed by atoms with Gasteiger partial charge in [-0.05, 0) is 19.9 Å². The zero-order valence-corrected chi connectivity index (χ0v) is 13.8. The van der Waals surface area contributed by atoms with E-state index in [1.165, 1.54) is 23.5 Å². The zero-order valence-electron chi connectivity index (χ0n) is 12.2. The molecule has 0 N–H and O–H groups in total. The molecule has 9 heteroatoms. The molecule has 3 aromatic heterocycles. The van der Waals surface area contributed by atoms with Gasteiger partial charge in [0, 0.05) is 17.1 Å². The van der Waals surface area contributed by atoms with Crippen molar-refractivity contribution in [2.45, 2.75) is 30.0 Å². The second kappa shape index (κ2) is 6.49. The summed E-state index contributed by atoms with van der Waals surface area (Å²) >= 11 is 2.90. The Labute approximate surface area is 135 Å². The molecule has 0 amide bonds. The third-order valence-electron chi connectivity index (χ3n) is 2.70. The maximum absolute atomic E-state index is 5.52. The molecule has 0 unspecified atom stereocenters. The number of nitrogens with zero attached hydrogens (tertiary/aromatic N) is 6. The first-order chi connectivity index (χ1) is 10.7. The second-order valence-corrected chi connectivity index (χ2v) is 6.41. The van der Waals surface area contributed by atoms with Crippen molar-refractivity contribution < 1.29 is 4.42 Å². The molecule has 3 aromatic rings. The number of fused-ring (bicyclic) bond motifs is 1. The van der Waals surface area contributed by atoms with Crippen molar-refractivity contribution in [2.24, 2.45) is 0 Å². The molecule has 3 rings (SSSR count). The fourth-order valence-electron chi connectivity index (χ4n) is 1.82. The lowest BCUT2D eigenvalue weighted by Crippen LogP contribution is -1.97. The molecule has 0 spiro atoms. The fraction of sp³-hybridized carbons (Fsp3) is 0.308. The standard InChI is InChI=1S/C13H14N6OS2/c1-4-5-21-13-17-16-10(20-13)7-22-12-15-11-14-8(2)6-9(3)19(11)18-12/h4,6H,1,5,7H2,2-3H3. The highest BCUT2D eigenvalue weighted by Gasteiger charge is 2.11. The Balaban J connectivity index is 1.69. The quantitative estimate of drug-likeness (QED) is 0.503. The predicted octanol–water partition coefficient (Wildman–Crippen LogP) is 2.69. The van der Waals surface area contributed by atoms with Crippen molar-refractivity contribution in [1.82, 2.24) is 29.8 Å². The first-order valence-electron chi connectivity index (χ1n) is 6.55. The van der Waals surface area contributed by atoms with Crippen LogP contribution in [0.1, 0.15) is 17.3 Å². The summed E-state index contributed by atoms with van der Waals surface area (Å²) in [6.45, 7) is 7.57. The molecule has 114 valence electrons. The smallest absolute Gasteiger partial charge is 0.276 e. The topological polar surface area (TPSA) is 82.0 Å². The Morgan fingerprint density at radius 3 is 2.95 bits per heavy atom. The van der Waals surface area contributed by atoms with E-state index in [9.17, 15) is 0 Å². The molecule has 0 atom stereocenters. The van der Waals surface area contributed by atoms with Gasteiger partial charge in [0.2, 0.25) is 11.0 Å². The minimum atomic E-state index is 0.524. The van der Waals surface area contributed by atoms with Gasteiger partial charge in [-0.3, -0.25) is 0 Å². The van der Waals surface area contributed by atoms with E-state index in [-0.39, 0.29) is 0 Å². The molecule has 0 aliphatic carbocycles. The molecule has 7 nitrogen and oxygen atoms in total. The minimum Gasteiger partial charge on any atom is -0.415 e. The highest BCUT2D eigenvalue weighted by molar-refractivity contribution is 7.99. The molecule has 0 saturated carbocycles. The Morgan fingerprint density at radius 2 is 2.14 bits per heavy atom. The van der Waals surface area contributed by atoms with E-state index in [0.717, 1.165) is 17.1 Å². The lowest BCUT2D eigenvalue weighted by atomic mass is 10.4. The van der Waals surface area contributed by atoms with Crippen LogP contribution in [0.4, 0.5) is 0 Å². The summed E-state index contributed by atoms with van der Waals surface area (Å²) in [5.41, 5.74) is 1.93. The highest BCUT2D eigenvalue weighted by atomic mass is 32.2.